The molecule has 0 atom stereocenters. The van der Waals surface area contributed by atoms with Crippen LogP contribution in [0.15, 0.2) is 12.4 Å². The van der Waals surface area contributed by atoms with Gasteiger partial charge in [-0.1, -0.05) is 6.92 Å². The highest BCUT2D eigenvalue weighted by molar-refractivity contribution is 4.89. The van der Waals surface area contributed by atoms with E-state index in [1.165, 1.54) is 13.0 Å². The molecule has 0 radical (unpaired) electrons. The molecule has 0 aromatic heterocycles. The van der Waals surface area contributed by atoms with Crippen LogP contribution in [0.1, 0.15) is 20.3 Å². The Morgan fingerprint density at radius 2 is 1.82 bits per heavy atom. The molecule has 0 spiro atoms. The quantitative estimate of drug-likeness (QED) is 0.619. The van der Waals surface area contributed by atoms with Crippen molar-refractivity contribution in [2.24, 2.45) is 0 Å². The van der Waals surface area contributed by atoms with E-state index in [4.69, 9.17) is 0 Å². The standard InChI is InChI=1S/C8H16N2.FH/c1-3-5-10-7-6-9(4-2)8-10;/h6-7H,3-5,8H2,1-2H3;1H. The van der Waals surface area contributed by atoms with E-state index in [-0.39, 0.29) is 4.70 Å². The zero-order chi connectivity index (χ0) is 7.40. The van der Waals surface area contributed by atoms with Gasteiger partial charge >= 0.3 is 0 Å². The monoisotopic (exact) mass is 160 g/mol. The van der Waals surface area contributed by atoms with Gasteiger partial charge in [0.15, 0.2) is 0 Å². The largest absolute Gasteiger partial charge is 0.359 e. The molecule has 1 aliphatic heterocycles. The van der Waals surface area contributed by atoms with Gasteiger partial charge in [-0.15, -0.1) is 0 Å². The van der Waals surface area contributed by atoms with E-state index in [0.717, 1.165) is 13.2 Å². The first kappa shape index (κ1) is 10.3. The van der Waals surface area contributed by atoms with Crippen LogP contribution in [0.5, 0.6) is 0 Å². The summed E-state index contributed by atoms with van der Waals surface area (Å²) in [5.41, 5.74) is 0. The van der Waals surface area contributed by atoms with Crippen molar-refractivity contribution < 1.29 is 4.70 Å². The minimum absolute atomic E-state index is 0. The van der Waals surface area contributed by atoms with Crippen molar-refractivity contribution in [3.05, 3.63) is 12.4 Å². The topological polar surface area (TPSA) is 6.48 Å². The van der Waals surface area contributed by atoms with Crippen LogP contribution in [0.25, 0.3) is 0 Å². The second kappa shape index (κ2) is 4.99. The van der Waals surface area contributed by atoms with Crippen molar-refractivity contribution in [3.8, 4) is 0 Å². The highest BCUT2D eigenvalue weighted by Gasteiger charge is 2.07. The fourth-order valence-electron chi connectivity index (χ4n) is 1.15. The fourth-order valence-corrected chi connectivity index (χ4v) is 1.15. The van der Waals surface area contributed by atoms with Crippen LogP contribution < -0.4 is 0 Å². The molecule has 0 aromatic rings. The minimum atomic E-state index is 0. The number of halogens is 1. The van der Waals surface area contributed by atoms with Crippen molar-refractivity contribution in [1.82, 2.24) is 9.80 Å². The molecule has 1 aliphatic rings. The lowest BCUT2D eigenvalue weighted by atomic mass is 10.4. The Morgan fingerprint density at radius 1 is 1.18 bits per heavy atom. The number of nitrogens with zero attached hydrogens (tertiary/aromatic N) is 2. The lowest BCUT2D eigenvalue weighted by Gasteiger charge is -2.18. The van der Waals surface area contributed by atoms with E-state index in [0.29, 0.717) is 0 Å². The van der Waals surface area contributed by atoms with E-state index in [2.05, 4.69) is 36.0 Å². The fraction of sp³-hybridized carbons (Fsp3) is 0.750. The Morgan fingerprint density at radius 3 is 2.27 bits per heavy atom. The van der Waals surface area contributed by atoms with Crippen molar-refractivity contribution in [2.75, 3.05) is 19.8 Å². The molecular weight excluding hydrogens is 143 g/mol. The van der Waals surface area contributed by atoms with Gasteiger partial charge in [0.1, 0.15) is 0 Å². The molecule has 0 amide bonds. The van der Waals surface area contributed by atoms with E-state index in [9.17, 15) is 0 Å². The Labute approximate surface area is 67.8 Å². The van der Waals surface area contributed by atoms with Crippen LogP contribution in [-0.2, 0) is 0 Å². The predicted molar refractivity (Wildman–Crippen MR) is 45.9 cm³/mol. The Kier molecular flexibility index (Phi) is 4.66. The van der Waals surface area contributed by atoms with Crippen molar-refractivity contribution >= 4 is 0 Å². The SMILES string of the molecule is CCCN1C=CN(CC)C1.F. The normalized spacial score (nSPS) is 15.5. The third kappa shape index (κ3) is 2.78. The molecule has 3 heteroatoms. The average Bonchev–Trinajstić information content (AvgIpc) is 2.37. The van der Waals surface area contributed by atoms with Gasteiger partial charge in [0.25, 0.3) is 0 Å². The van der Waals surface area contributed by atoms with Gasteiger partial charge < -0.3 is 9.80 Å². The van der Waals surface area contributed by atoms with Crippen LogP contribution in [0.4, 0.5) is 4.70 Å². The first-order valence-electron chi connectivity index (χ1n) is 4.03. The van der Waals surface area contributed by atoms with E-state index in [1.54, 1.807) is 0 Å². The molecule has 0 saturated carbocycles. The van der Waals surface area contributed by atoms with Crippen LogP contribution in [0, 0.1) is 0 Å². The van der Waals surface area contributed by atoms with Crippen molar-refractivity contribution in [3.63, 3.8) is 0 Å². The summed E-state index contributed by atoms with van der Waals surface area (Å²) in [6.45, 7) is 7.79. The minimum Gasteiger partial charge on any atom is -0.359 e. The summed E-state index contributed by atoms with van der Waals surface area (Å²) >= 11 is 0. The van der Waals surface area contributed by atoms with Gasteiger partial charge in [0.2, 0.25) is 0 Å². The molecule has 0 aromatic carbocycles. The number of hydrogen-bond donors (Lipinski definition) is 0. The van der Waals surface area contributed by atoms with E-state index < -0.39 is 0 Å². The van der Waals surface area contributed by atoms with Crippen LogP contribution in [0.3, 0.4) is 0 Å². The predicted octanol–water partition coefficient (Wildman–Crippen LogP) is 1.62. The summed E-state index contributed by atoms with van der Waals surface area (Å²) in [4.78, 5) is 4.64. The number of hydrogen-bond acceptors (Lipinski definition) is 2. The van der Waals surface area contributed by atoms with Crippen molar-refractivity contribution in [1.29, 1.82) is 0 Å². The third-order valence-corrected chi connectivity index (χ3v) is 1.77. The van der Waals surface area contributed by atoms with Gasteiger partial charge in [-0.05, 0) is 13.3 Å². The maximum absolute atomic E-state index is 2.34. The van der Waals surface area contributed by atoms with E-state index >= 15 is 0 Å². The first-order valence-corrected chi connectivity index (χ1v) is 4.03. The smallest absolute Gasteiger partial charge is 0.0893 e. The van der Waals surface area contributed by atoms with Gasteiger partial charge in [-0.3, -0.25) is 4.70 Å². The molecule has 0 saturated heterocycles. The Bertz CT molecular complexity index is 125. The second-order valence-electron chi connectivity index (χ2n) is 2.66. The molecule has 66 valence electrons. The van der Waals surface area contributed by atoms with Crippen LogP contribution in [-0.4, -0.2) is 29.6 Å². The molecule has 11 heavy (non-hydrogen) atoms. The Hall–Kier alpha value is -0.730. The third-order valence-electron chi connectivity index (χ3n) is 1.77. The summed E-state index contributed by atoms with van der Waals surface area (Å²) in [6, 6.07) is 0. The summed E-state index contributed by atoms with van der Waals surface area (Å²) in [7, 11) is 0. The summed E-state index contributed by atoms with van der Waals surface area (Å²) in [6.07, 6.45) is 5.57. The summed E-state index contributed by atoms with van der Waals surface area (Å²) < 4.78 is 0. The lowest BCUT2D eigenvalue weighted by molar-refractivity contribution is 0.273. The molecule has 0 fully saturated rings. The summed E-state index contributed by atoms with van der Waals surface area (Å²) in [5.74, 6) is 0. The second-order valence-corrected chi connectivity index (χ2v) is 2.66. The van der Waals surface area contributed by atoms with Gasteiger partial charge in [0.05, 0.1) is 6.67 Å². The zero-order valence-corrected chi connectivity index (χ0v) is 7.29. The Balaban J connectivity index is 0.000001000. The van der Waals surface area contributed by atoms with Crippen LogP contribution >= 0.6 is 0 Å². The maximum Gasteiger partial charge on any atom is 0.0893 e. The maximum atomic E-state index is 2.34. The molecule has 1 heterocycles. The molecule has 1 rings (SSSR count). The first-order chi connectivity index (χ1) is 4.86. The molecule has 0 unspecified atom stereocenters. The van der Waals surface area contributed by atoms with E-state index in [1.807, 2.05) is 0 Å². The van der Waals surface area contributed by atoms with Gasteiger partial charge in [0, 0.05) is 25.5 Å². The van der Waals surface area contributed by atoms with Gasteiger partial charge in [-0.25, -0.2) is 0 Å². The number of rotatable bonds is 3. The highest BCUT2D eigenvalue weighted by atomic mass is 19.0. The highest BCUT2D eigenvalue weighted by Crippen LogP contribution is 2.05. The molecule has 2 nitrogen and oxygen atoms in total. The van der Waals surface area contributed by atoms with Gasteiger partial charge in [-0.2, -0.15) is 0 Å². The molecule has 0 bridgehead atoms. The zero-order valence-electron chi connectivity index (χ0n) is 7.29. The van der Waals surface area contributed by atoms with Crippen LogP contribution in [0.2, 0.25) is 0 Å². The summed E-state index contributed by atoms with van der Waals surface area (Å²) in [5, 5.41) is 0. The average molecular weight is 160 g/mol. The molecule has 0 N–H and O–H groups in total. The molecule has 0 aliphatic carbocycles. The van der Waals surface area contributed by atoms with Crippen molar-refractivity contribution in [2.45, 2.75) is 20.3 Å². The molecular formula is C8H17FN2. The lowest BCUT2D eigenvalue weighted by Crippen LogP contribution is -2.25.